The molecule has 2 aromatic rings. The summed E-state index contributed by atoms with van der Waals surface area (Å²) in [5.74, 6) is -0.946. The lowest BCUT2D eigenvalue weighted by Gasteiger charge is -2.09. The van der Waals surface area contributed by atoms with E-state index in [1.54, 1.807) is 62.4 Å². The lowest BCUT2D eigenvalue weighted by molar-refractivity contribution is -0.114. The van der Waals surface area contributed by atoms with Crippen LogP contribution < -0.4 is 10.6 Å². The molecule has 0 amide bonds. The van der Waals surface area contributed by atoms with Crippen molar-refractivity contribution in [2.45, 2.75) is 26.7 Å². The minimum absolute atomic E-state index is 0.174. The molecular weight excluding hydrogens is 404 g/mol. The van der Waals surface area contributed by atoms with Crippen molar-refractivity contribution >= 4 is 23.1 Å². The zero-order valence-electron chi connectivity index (χ0n) is 18.4. The number of allylic oxidation sites excluding steroid dienone is 4. The fourth-order valence-corrected chi connectivity index (χ4v) is 2.98. The molecule has 0 aromatic heterocycles. The summed E-state index contributed by atoms with van der Waals surface area (Å²) in [7, 11) is 0. The molecule has 0 fully saturated rings. The first kappa shape index (κ1) is 24.5. The maximum atomic E-state index is 12.1. The van der Waals surface area contributed by atoms with Gasteiger partial charge in [-0.05, 0) is 13.8 Å². The average Bonchev–Trinajstić information content (AvgIpc) is 2.77. The predicted octanol–water partition coefficient (Wildman–Crippen LogP) is 3.66. The van der Waals surface area contributed by atoms with Gasteiger partial charge in [0.05, 0.1) is 12.8 Å². The summed E-state index contributed by atoms with van der Waals surface area (Å²) >= 11 is 0. The number of benzene rings is 2. The largest absolute Gasteiger partial charge is 0.387 e. The van der Waals surface area contributed by atoms with E-state index >= 15 is 0 Å². The molecule has 2 rings (SSSR count). The van der Waals surface area contributed by atoms with Crippen LogP contribution in [0.1, 0.15) is 47.4 Å². The van der Waals surface area contributed by atoms with E-state index in [9.17, 15) is 19.2 Å². The van der Waals surface area contributed by atoms with Gasteiger partial charge in [0, 0.05) is 47.8 Å². The minimum Gasteiger partial charge on any atom is -0.387 e. The van der Waals surface area contributed by atoms with Crippen LogP contribution in [-0.2, 0) is 9.59 Å². The van der Waals surface area contributed by atoms with E-state index in [-0.39, 0.29) is 36.0 Å². The quantitative estimate of drug-likeness (QED) is 0.217. The molecule has 0 saturated heterocycles. The minimum atomic E-state index is -0.262. The number of nitrogens with one attached hydrogen (secondary N) is 2. The van der Waals surface area contributed by atoms with Gasteiger partial charge in [0.25, 0.3) is 0 Å². The molecule has 2 N–H and O–H groups in total. The third kappa shape index (κ3) is 8.92. The number of carbonyl (C=O) groups excluding carboxylic acids is 4. The summed E-state index contributed by atoms with van der Waals surface area (Å²) in [5, 5.41) is 6.18. The van der Waals surface area contributed by atoms with Gasteiger partial charge in [-0.2, -0.15) is 0 Å². The first-order valence-electron chi connectivity index (χ1n) is 10.4. The van der Waals surface area contributed by atoms with E-state index in [1.165, 1.54) is 12.2 Å². The summed E-state index contributed by atoms with van der Waals surface area (Å²) in [6.45, 7) is 4.55. The van der Waals surface area contributed by atoms with Crippen molar-refractivity contribution in [1.82, 2.24) is 10.6 Å². The topological polar surface area (TPSA) is 92.3 Å². The van der Waals surface area contributed by atoms with Crippen LogP contribution >= 0.6 is 0 Å². The molecule has 0 aliphatic heterocycles. The second-order valence-corrected chi connectivity index (χ2v) is 7.37. The molecule has 0 bridgehead atoms. The zero-order chi connectivity index (χ0) is 23.3. The third-order valence-electron chi connectivity index (χ3n) is 4.55. The Labute approximate surface area is 188 Å². The van der Waals surface area contributed by atoms with Gasteiger partial charge < -0.3 is 10.6 Å². The van der Waals surface area contributed by atoms with Gasteiger partial charge in [-0.25, -0.2) is 0 Å². The smallest absolute Gasteiger partial charge is 0.170 e. The van der Waals surface area contributed by atoms with Crippen LogP contribution in [0, 0.1) is 0 Å². The Morgan fingerprint density at radius 3 is 1.31 bits per heavy atom. The number of Topliss-reactive ketones (excluding diaryl/α,β-unsaturated/α-hetero) is 2. The van der Waals surface area contributed by atoms with E-state index in [0.717, 1.165) is 0 Å². The molecule has 0 aliphatic carbocycles. The zero-order valence-corrected chi connectivity index (χ0v) is 18.4. The Balaban J connectivity index is 1.70. The molecule has 0 saturated carbocycles. The summed E-state index contributed by atoms with van der Waals surface area (Å²) in [6.07, 6.45) is 2.49. The Bertz CT molecular complexity index is 925. The van der Waals surface area contributed by atoms with Crippen molar-refractivity contribution in [2.75, 3.05) is 13.1 Å². The van der Waals surface area contributed by atoms with E-state index in [4.69, 9.17) is 0 Å². The van der Waals surface area contributed by atoms with Crippen LogP contribution in [0.25, 0.3) is 0 Å². The lowest BCUT2D eigenvalue weighted by Crippen LogP contribution is -2.26. The first-order chi connectivity index (χ1) is 15.3. The van der Waals surface area contributed by atoms with Crippen molar-refractivity contribution in [3.05, 3.63) is 95.3 Å². The maximum absolute atomic E-state index is 12.1. The number of rotatable bonds is 13. The first-order valence-corrected chi connectivity index (χ1v) is 10.4. The fraction of sp³-hybridized carbons (Fsp3) is 0.231. The summed E-state index contributed by atoms with van der Waals surface area (Å²) in [5.41, 5.74) is 2.35. The van der Waals surface area contributed by atoms with Crippen LogP contribution in [0.5, 0.6) is 0 Å². The van der Waals surface area contributed by atoms with Gasteiger partial charge in [-0.3, -0.25) is 19.2 Å². The highest BCUT2D eigenvalue weighted by atomic mass is 16.2. The van der Waals surface area contributed by atoms with Crippen molar-refractivity contribution in [3.63, 3.8) is 0 Å². The van der Waals surface area contributed by atoms with Gasteiger partial charge in [0.2, 0.25) is 0 Å². The molecule has 2 aromatic carbocycles. The van der Waals surface area contributed by atoms with Gasteiger partial charge >= 0.3 is 0 Å². The molecule has 0 atom stereocenters. The van der Waals surface area contributed by atoms with Gasteiger partial charge in [-0.15, -0.1) is 0 Å². The molecule has 0 heterocycles. The Morgan fingerprint density at radius 2 is 0.969 bits per heavy atom. The molecule has 6 nitrogen and oxygen atoms in total. The van der Waals surface area contributed by atoms with Crippen molar-refractivity contribution in [2.24, 2.45) is 0 Å². The van der Waals surface area contributed by atoms with E-state index < -0.39 is 0 Å². The molecular formula is C26H28N2O4. The molecule has 0 aliphatic rings. The number of hydrogen-bond donors (Lipinski definition) is 2. The van der Waals surface area contributed by atoms with E-state index in [2.05, 4.69) is 10.6 Å². The van der Waals surface area contributed by atoms with Crippen LogP contribution in [0.4, 0.5) is 0 Å². The van der Waals surface area contributed by atoms with Crippen LogP contribution in [-0.4, -0.2) is 36.2 Å². The molecule has 32 heavy (non-hydrogen) atoms. The van der Waals surface area contributed by atoms with E-state index in [1.807, 2.05) is 12.1 Å². The summed E-state index contributed by atoms with van der Waals surface area (Å²) in [6, 6.07) is 17.4. The molecule has 166 valence electrons. The highest BCUT2D eigenvalue weighted by Gasteiger charge is 2.11. The summed E-state index contributed by atoms with van der Waals surface area (Å²) in [4.78, 5) is 48.3. The van der Waals surface area contributed by atoms with Crippen molar-refractivity contribution < 1.29 is 19.2 Å². The highest BCUT2D eigenvalue weighted by molar-refractivity contribution is 6.12. The third-order valence-corrected chi connectivity index (χ3v) is 4.55. The van der Waals surface area contributed by atoms with E-state index in [0.29, 0.717) is 35.6 Å². The second-order valence-electron chi connectivity index (χ2n) is 7.37. The molecule has 0 unspecified atom stereocenters. The van der Waals surface area contributed by atoms with Gasteiger partial charge in [0.1, 0.15) is 0 Å². The number of hydrogen-bond acceptors (Lipinski definition) is 6. The fourth-order valence-electron chi connectivity index (χ4n) is 2.98. The monoisotopic (exact) mass is 432 g/mol. The standard InChI is InChI=1S/C26H28N2O4/c1-19(15-23(29)17-25(31)21-9-5-3-6-10-21)27-13-14-28-20(2)16-24(30)18-26(32)22-11-7-4-8-12-22/h3-12,15-16,27-28H,13-14,17-18H2,1-2H3/b19-15+,20-16+. The summed E-state index contributed by atoms with van der Waals surface area (Å²) < 4.78 is 0. The Morgan fingerprint density at radius 1 is 0.625 bits per heavy atom. The van der Waals surface area contributed by atoms with Gasteiger partial charge in [0.15, 0.2) is 23.1 Å². The van der Waals surface area contributed by atoms with Crippen LogP contribution in [0.15, 0.2) is 84.2 Å². The maximum Gasteiger partial charge on any atom is 0.170 e. The lowest BCUT2D eigenvalue weighted by atomic mass is 10.1. The molecule has 0 radical (unpaired) electrons. The average molecular weight is 433 g/mol. The number of ketones is 4. The second kappa shape index (κ2) is 12.8. The van der Waals surface area contributed by atoms with Gasteiger partial charge in [-0.1, -0.05) is 60.7 Å². The molecule has 0 spiro atoms. The van der Waals surface area contributed by atoms with Crippen molar-refractivity contribution in [1.29, 1.82) is 0 Å². The van der Waals surface area contributed by atoms with Crippen molar-refractivity contribution in [3.8, 4) is 0 Å². The Kier molecular flexibility index (Phi) is 9.78. The number of carbonyl (C=O) groups is 4. The highest BCUT2D eigenvalue weighted by Crippen LogP contribution is 2.05. The predicted molar refractivity (Wildman–Crippen MR) is 124 cm³/mol. The Hall–Kier alpha value is -3.80. The van der Waals surface area contributed by atoms with Crippen LogP contribution in [0.3, 0.4) is 0 Å². The molecule has 6 heteroatoms. The normalized spacial score (nSPS) is 11.6. The SMILES string of the molecule is C/C(=C\C(=O)CC(=O)c1ccccc1)NCCN/C(C)=C/C(=O)CC(=O)c1ccccc1. The van der Waals surface area contributed by atoms with Crippen LogP contribution in [0.2, 0.25) is 0 Å².